The molecule has 0 aliphatic carbocycles. The SMILES string of the molecule is CN(CC1CCNCC1)c1ccc(F)cn1. The quantitative estimate of drug-likeness (QED) is 0.844. The lowest BCUT2D eigenvalue weighted by atomic mass is 9.98. The molecule has 1 saturated heterocycles. The van der Waals surface area contributed by atoms with Crippen molar-refractivity contribution in [3.05, 3.63) is 24.1 Å². The molecule has 0 aromatic carbocycles. The zero-order chi connectivity index (χ0) is 11.4. The summed E-state index contributed by atoms with van der Waals surface area (Å²) >= 11 is 0. The predicted octanol–water partition coefficient (Wildman–Crippen LogP) is 1.66. The molecule has 1 aliphatic heterocycles. The van der Waals surface area contributed by atoms with Crippen molar-refractivity contribution in [2.75, 3.05) is 31.6 Å². The number of piperidine rings is 1. The fraction of sp³-hybridized carbons (Fsp3) is 0.583. The highest BCUT2D eigenvalue weighted by Crippen LogP contribution is 2.16. The Kier molecular flexibility index (Phi) is 3.72. The van der Waals surface area contributed by atoms with Gasteiger partial charge in [-0.3, -0.25) is 0 Å². The van der Waals surface area contributed by atoms with Crippen molar-refractivity contribution in [2.24, 2.45) is 5.92 Å². The first-order valence-electron chi connectivity index (χ1n) is 5.79. The van der Waals surface area contributed by atoms with Crippen LogP contribution in [0.15, 0.2) is 18.3 Å². The molecule has 1 fully saturated rings. The van der Waals surface area contributed by atoms with Crippen molar-refractivity contribution in [3.8, 4) is 0 Å². The lowest BCUT2D eigenvalue weighted by molar-refractivity contribution is 0.377. The highest BCUT2D eigenvalue weighted by Gasteiger charge is 2.15. The second kappa shape index (κ2) is 5.25. The number of nitrogens with one attached hydrogen (secondary N) is 1. The van der Waals surface area contributed by atoms with Crippen molar-refractivity contribution >= 4 is 5.82 Å². The summed E-state index contributed by atoms with van der Waals surface area (Å²) in [5, 5.41) is 3.35. The van der Waals surface area contributed by atoms with E-state index in [1.165, 1.54) is 25.1 Å². The summed E-state index contributed by atoms with van der Waals surface area (Å²) in [6.45, 7) is 3.21. The Labute approximate surface area is 95.7 Å². The minimum Gasteiger partial charge on any atom is -0.359 e. The molecule has 0 atom stereocenters. The summed E-state index contributed by atoms with van der Waals surface area (Å²) < 4.78 is 12.7. The van der Waals surface area contributed by atoms with E-state index in [-0.39, 0.29) is 5.82 Å². The molecule has 88 valence electrons. The molecule has 0 amide bonds. The van der Waals surface area contributed by atoms with Crippen molar-refractivity contribution < 1.29 is 4.39 Å². The molecule has 0 radical (unpaired) electrons. The van der Waals surface area contributed by atoms with Gasteiger partial charge in [0.05, 0.1) is 6.20 Å². The van der Waals surface area contributed by atoms with Crippen molar-refractivity contribution in [1.82, 2.24) is 10.3 Å². The van der Waals surface area contributed by atoms with Gasteiger partial charge in [0.2, 0.25) is 0 Å². The van der Waals surface area contributed by atoms with Gasteiger partial charge in [-0.15, -0.1) is 0 Å². The average Bonchev–Trinajstić information content (AvgIpc) is 2.31. The lowest BCUT2D eigenvalue weighted by Gasteiger charge is -2.28. The number of hydrogen-bond donors (Lipinski definition) is 1. The molecule has 16 heavy (non-hydrogen) atoms. The molecule has 0 saturated carbocycles. The maximum Gasteiger partial charge on any atom is 0.141 e. The number of anilines is 1. The van der Waals surface area contributed by atoms with Crippen LogP contribution in [0.25, 0.3) is 0 Å². The third-order valence-electron chi connectivity index (χ3n) is 3.09. The summed E-state index contributed by atoms with van der Waals surface area (Å²) in [5.74, 6) is 1.29. The van der Waals surface area contributed by atoms with E-state index < -0.39 is 0 Å². The molecule has 1 aromatic rings. The normalized spacial score (nSPS) is 17.4. The van der Waals surface area contributed by atoms with E-state index in [1.807, 2.05) is 7.05 Å². The number of pyridine rings is 1. The van der Waals surface area contributed by atoms with E-state index >= 15 is 0 Å². The Morgan fingerprint density at radius 1 is 1.44 bits per heavy atom. The third kappa shape index (κ3) is 2.92. The summed E-state index contributed by atoms with van der Waals surface area (Å²) in [5.41, 5.74) is 0. The Balaban J connectivity index is 1.91. The van der Waals surface area contributed by atoms with E-state index in [1.54, 1.807) is 6.07 Å². The van der Waals surface area contributed by atoms with Crippen LogP contribution in [0.1, 0.15) is 12.8 Å². The molecular formula is C12H18FN3. The maximum atomic E-state index is 12.7. The Morgan fingerprint density at radius 3 is 2.81 bits per heavy atom. The zero-order valence-electron chi connectivity index (χ0n) is 9.62. The number of nitrogens with zero attached hydrogens (tertiary/aromatic N) is 2. The minimum absolute atomic E-state index is 0.279. The molecule has 4 heteroatoms. The fourth-order valence-electron chi connectivity index (χ4n) is 2.14. The number of rotatable bonds is 3. The van der Waals surface area contributed by atoms with Crippen LogP contribution in [-0.2, 0) is 0 Å². The van der Waals surface area contributed by atoms with E-state index in [2.05, 4.69) is 15.2 Å². The van der Waals surface area contributed by atoms with Gasteiger partial charge in [-0.2, -0.15) is 0 Å². The minimum atomic E-state index is -0.279. The lowest BCUT2D eigenvalue weighted by Crippen LogP contribution is -2.34. The number of hydrogen-bond acceptors (Lipinski definition) is 3. The summed E-state index contributed by atoms with van der Waals surface area (Å²) in [6.07, 6.45) is 3.70. The topological polar surface area (TPSA) is 28.2 Å². The van der Waals surface area contributed by atoms with Gasteiger partial charge in [-0.05, 0) is 44.0 Å². The Morgan fingerprint density at radius 2 is 2.19 bits per heavy atom. The monoisotopic (exact) mass is 223 g/mol. The van der Waals surface area contributed by atoms with Crippen LogP contribution in [-0.4, -0.2) is 31.7 Å². The van der Waals surface area contributed by atoms with Crippen molar-refractivity contribution in [2.45, 2.75) is 12.8 Å². The highest BCUT2D eigenvalue weighted by atomic mass is 19.1. The molecule has 0 spiro atoms. The molecule has 0 unspecified atom stereocenters. The molecule has 1 aliphatic rings. The van der Waals surface area contributed by atoms with Gasteiger partial charge in [0.15, 0.2) is 0 Å². The standard InChI is InChI=1S/C12H18FN3/c1-16(9-10-4-6-14-7-5-10)12-3-2-11(13)8-15-12/h2-3,8,10,14H,4-7,9H2,1H3. The predicted molar refractivity (Wildman–Crippen MR) is 63.1 cm³/mol. The Hall–Kier alpha value is -1.16. The highest BCUT2D eigenvalue weighted by molar-refractivity contribution is 5.36. The van der Waals surface area contributed by atoms with Crippen molar-refractivity contribution in [1.29, 1.82) is 0 Å². The second-order valence-electron chi connectivity index (χ2n) is 4.41. The molecule has 2 rings (SSSR count). The first-order valence-corrected chi connectivity index (χ1v) is 5.79. The fourth-order valence-corrected chi connectivity index (χ4v) is 2.14. The van der Waals surface area contributed by atoms with Crippen LogP contribution in [0.5, 0.6) is 0 Å². The van der Waals surface area contributed by atoms with Crippen molar-refractivity contribution in [3.63, 3.8) is 0 Å². The smallest absolute Gasteiger partial charge is 0.141 e. The number of aromatic nitrogens is 1. The molecule has 3 nitrogen and oxygen atoms in total. The average molecular weight is 223 g/mol. The first kappa shape index (κ1) is 11.3. The summed E-state index contributed by atoms with van der Waals surface area (Å²) in [6, 6.07) is 3.19. The first-order chi connectivity index (χ1) is 7.75. The van der Waals surface area contributed by atoms with Gasteiger partial charge >= 0.3 is 0 Å². The van der Waals surface area contributed by atoms with Gasteiger partial charge in [0.1, 0.15) is 11.6 Å². The van der Waals surface area contributed by atoms with Gasteiger partial charge in [-0.25, -0.2) is 9.37 Å². The van der Waals surface area contributed by atoms with E-state index in [0.29, 0.717) is 0 Å². The molecule has 0 bridgehead atoms. The van der Waals surface area contributed by atoms with Crippen LogP contribution in [0.3, 0.4) is 0 Å². The van der Waals surface area contributed by atoms with Crippen LogP contribution in [0, 0.1) is 11.7 Å². The van der Waals surface area contributed by atoms with Crippen LogP contribution in [0.4, 0.5) is 10.2 Å². The van der Waals surface area contributed by atoms with Gasteiger partial charge in [-0.1, -0.05) is 0 Å². The molecule has 1 aromatic heterocycles. The van der Waals surface area contributed by atoms with Gasteiger partial charge in [0, 0.05) is 13.6 Å². The molecule has 2 heterocycles. The summed E-state index contributed by atoms with van der Waals surface area (Å²) in [7, 11) is 2.02. The maximum absolute atomic E-state index is 12.7. The summed E-state index contributed by atoms with van der Waals surface area (Å²) in [4.78, 5) is 6.19. The third-order valence-corrected chi connectivity index (χ3v) is 3.09. The van der Waals surface area contributed by atoms with E-state index in [9.17, 15) is 4.39 Å². The van der Waals surface area contributed by atoms with E-state index in [4.69, 9.17) is 0 Å². The Bertz CT molecular complexity index is 320. The van der Waals surface area contributed by atoms with Crippen LogP contribution in [0.2, 0.25) is 0 Å². The van der Waals surface area contributed by atoms with Gasteiger partial charge in [0.25, 0.3) is 0 Å². The zero-order valence-corrected chi connectivity index (χ0v) is 9.62. The largest absolute Gasteiger partial charge is 0.359 e. The van der Waals surface area contributed by atoms with Crippen LogP contribution < -0.4 is 10.2 Å². The second-order valence-corrected chi connectivity index (χ2v) is 4.41. The molecular weight excluding hydrogens is 205 g/mol. The van der Waals surface area contributed by atoms with Gasteiger partial charge < -0.3 is 10.2 Å². The number of halogens is 1. The molecule has 1 N–H and O–H groups in total. The van der Waals surface area contributed by atoms with E-state index in [0.717, 1.165) is 31.4 Å². The van der Waals surface area contributed by atoms with Crippen LogP contribution >= 0.6 is 0 Å².